The van der Waals surface area contributed by atoms with E-state index in [1.54, 1.807) is 24.7 Å². The van der Waals surface area contributed by atoms with E-state index in [4.69, 9.17) is 0 Å². The van der Waals surface area contributed by atoms with E-state index in [2.05, 4.69) is 10.2 Å². The third-order valence-corrected chi connectivity index (χ3v) is 2.73. The zero-order valence-electron chi connectivity index (χ0n) is 8.12. The van der Waals surface area contributed by atoms with Crippen molar-refractivity contribution in [1.29, 1.82) is 0 Å². The van der Waals surface area contributed by atoms with Crippen LogP contribution in [0.25, 0.3) is 0 Å². The zero-order valence-corrected chi connectivity index (χ0v) is 8.94. The van der Waals surface area contributed by atoms with E-state index < -0.39 is 0 Å². The highest BCUT2D eigenvalue weighted by Gasteiger charge is 2.14. The van der Waals surface area contributed by atoms with Gasteiger partial charge in [0.1, 0.15) is 5.51 Å². The molecule has 0 radical (unpaired) electrons. The Balaban J connectivity index is 2.23. The molecule has 0 aliphatic carbocycles. The van der Waals surface area contributed by atoms with E-state index in [0.29, 0.717) is 10.7 Å². The molecule has 1 aromatic heterocycles. The molecule has 1 heterocycles. The number of hydrogen-bond acceptors (Lipinski definition) is 4. The molecule has 0 fully saturated rings. The van der Waals surface area contributed by atoms with Crippen molar-refractivity contribution >= 4 is 22.4 Å². The fraction of sp³-hybridized carbons (Fsp3) is 0.100. The van der Waals surface area contributed by atoms with Crippen LogP contribution in [0.2, 0.25) is 0 Å². The Morgan fingerprint density at radius 2 is 2.07 bits per heavy atom. The molecule has 0 saturated carbocycles. The van der Waals surface area contributed by atoms with Gasteiger partial charge in [0, 0.05) is 12.6 Å². The normalized spacial score (nSPS) is 9.93. The topological polar surface area (TPSA) is 46.1 Å². The fourth-order valence-electron chi connectivity index (χ4n) is 1.17. The standard InChI is InChI=1S/C10H9N3OS/c1-13(10-12-11-7-15-10)9(14)8-5-3-2-4-6-8/h2-7H,1H3. The number of amides is 1. The molecule has 2 rings (SSSR count). The number of anilines is 1. The van der Waals surface area contributed by atoms with Crippen molar-refractivity contribution in [3.05, 3.63) is 41.4 Å². The summed E-state index contributed by atoms with van der Waals surface area (Å²) < 4.78 is 0. The zero-order chi connectivity index (χ0) is 10.7. The second kappa shape index (κ2) is 4.18. The Kier molecular flexibility index (Phi) is 2.73. The van der Waals surface area contributed by atoms with E-state index in [-0.39, 0.29) is 5.91 Å². The number of benzene rings is 1. The van der Waals surface area contributed by atoms with Gasteiger partial charge in [0.05, 0.1) is 0 Å². The lowest BCUT2D eigenvalue weighted by Gasteiger charge is -2.12. The van der Waals surface area contributed by atoms with Crippen LogP contribution in [0.3, 0.4) is 0 Å². The Morgan fingerprint density at radius 3 is 2.67 bits per heavy atom. The van der Waals surface area contributed by atoms with E-state index in [1.807, 2.05) is 18.2 Å². The molecule has 1 aromatic carbocycles. The van der Waals surface area contributed by atoms with Crippen LogP contribution in [0.15, 0.2) is 35.8 Å². The molecule has 4 nitrogen and oxygen atoms in total. The summed E-state index contributed by atoms with van der Waals surface area (Å²) in [5, 5.41) is 8.13. The third kappa shape index (κ3) is 2.02. The molecule has 0 saturated heterocycles. The lowest BCUT2D eigenvalue weighted by molar-refractivity contribution is 0.0993. The van der Waals surface area contributed by atoms with Crippen LogP contribution < -0.4 is 4.90 Å². The summed E-state index contributed by atoms with van der Waals surface area (Å²) in [4.78, 5) is 13.4. The number of aromatic nitrogens is 2. The predicted octanol–water partition coefficient (Wildman–Crippen LogP) is 1.81. The van der Waals surface area contributed by atoms with Crippen molar-refractivity contribution in [1.82, 2.24) is 10.2 Å². The molecular formula is C10H9N3OS. The van der Waals surface area contributed by atoms with Crippen molar-refractivity contribution in [2.75, 3.05) is 11.9 Å². The minimum absolute atomic E-state index is 0.0765. The number of nitrogens with zero attached hydrogens (tertiary/aromatic N) is 3. The molecular weight excluding hydrogens is 210 g/mol. The van der Waals surface area contributed by atoms with Gasteiger partial charge in [-0.2, -0.15) is 0 Å². The van der Waals surface area contributed by atoms with Crippen LogP contribution in [0.5, 0.6) is 0 Å². The Morgan fingerprint density at radius 1 is 1.33 bits per heavy atom. The first-order valence-corrected chi connectivity index (χ1v) is 5.26. The minimum Gasteiger partial charge on any atom is -0.286 e. The van der Waals surface area contributed by atoms with Crippen LogP contribution in [-0.2, 0) is 0 Å². The average molecular weight is 219 g/mol. The van der Waals surface area contributed by atoms with Gasteiger partial charge in [-0.05, 0) is 12.1 Å². The van der Waals surface area contributed by atoms with Crippen molar-refractivity contribution in [2.24, 2.45) is 0 Å². The Bertz CT molecular complexity index is 441. The molecule has 1 amide bonds. The largest absolute Gasteiger partial charge is 0.286 e. The van der Waals surface area contributed by atoms with Gasteiger partial charge in [0.15, 0.2) is 0 Å². The highest BCUT2D eigenvalue weighted by molar-refractivity contribution is 7.13. The van der Waals surface area contributed by atoms with Gasteiger partial charge in [0.25, 0.3) is 5.91 Å². The molecule has 76 valence electrons. The molecule has 0 spiro atoms. The van der Waals surface area contributed by atoms with Crippen LogP contribution in [-0.4, -0.2) is 23.2 Å². The van der Waals surface area contributed by atoms with Gasteiger partial charge in [0.2, 0.25) is 5.13 Å². The van der Waals surface area contributed by atoms with Crippen LogP contribution >= 0.6 is 11.3 Å². The second-order valence-corrected chi connectivity index (χ2v) is 3.76. The summed E-state index contributed by atoms with van der Waals surface area (Å²) in [7, 11) is 1.69. The maximum Gasteiger partial charge on any atom is 0.259 e. The Hall–Kier alpha value is -1.75. The molecule has 0 aliphatic rings. The average Bonchev–Trinajstić information content (AvgIpc) is 2.82. The molecule has 0 unspecified atom stereocenters. The number of carbonyl (C=O) groups excluding carboxylic acids is 1. The quantitative estimate of drug-likeness (QED) is 0.774. The second-order valence-electron chi connectivity index (χ2n) is 2.95. The maximum atomic E-state index is 11.9. The summed E-state index contributed by atoms with van der Waals surface area (Å²) in [6.45, 7) is 0. The van der Waals surface area contributed by atoms with Gasteiger partial charge in [-0.1, -0.05) is 29.5 Å². The lowest BCUT2D eigenvalue weighted by Crippen LogP contribution is -2.25. The maximum absolute atomic E-state index is 11.9. The van der Waals surface area contributed by atoms with Gasteiger partial charge in [-0.25, -0.2) is 0 Å². The van der Waals surface area contributed by atoms with E-state index >= 15 is 0 Å². The smallest absolute Gasteiger partial charge is 0.259 e. The first-order valence-electron chi connectivity index (χ1n) is 4.38. The highest BCUT2D eigenvalue weighted by Crippen LogP contribution is 2.16. The summed E-state index contributed by atoms with van der Waals surface area (Å²) in [5.74, 6) is -0.0765. The minimum atomic E-state index is -0.0765. The number of hydrogen-bond donors (Lipinski definition) is 0. The van der Waals surface area contributed by atoms with Crippen LogP contribution in [0.1, 0.15) is 10.4 Å². The lowest BCUT2D eigenvalue weighted by atomic mass is 10.2. The van der Waals surface area contributed by atoms with Gasteiger partial charge in [-0.15, -0.1) is 10.2 Å². The first-order chi connectivity index (χ1) is 7.29. The fourth-order valence-corrected chi connectivity index (χ4v) is 1.70. The summed E-state index contributed by atoms with van der Waals surface area (Å²) in [6.07, 6.45) is 0. The Labute approximate surface area is 91.2 Å². The summed E-state index contributed by atoms with van der Waals surface area (Å²) in [6, 6.07) is 9.10. The van der Waals surface area contributed by atoms with Crippen molar-refractivity contribution in [2.45, 2.75) is 0 Å². The highest BCUT2D eigenvalue weighted by atomic mass is 32.1. The van der Waals surface area contributed by atoms with Gasteiger partial charge >= 0.3 is 0 Å². The number of rotatable bonds is 2. The summed E-state index contributed by atoms with van der Waals surface area (Å²) >= 11 is 1.34. The van der Waals surface area contributed by atoms with E-state index in [0.717, 1.165) is 0 Å². The predicted molar refractivity (Wildman–Crippen MR) is 59.1 cm³/mol. The number of carbonyl (C=O) groups is 1. The third-order valence-electron chi connectivity index (χ3n) is 1.96. The van der Waals surface area contributed by atoms with Crippen molar-refractivity contribution in [3.8, 4) is 0 Å². The van der Waals surface area contributed by atoms with E-state index in [1.165, 1.54) is 16.2 Å². The SMILES string of the molecule is CN(C(=O)c1ccccc1)c1nncs1. The molecule has 0 bridgehead atoms. The molecule has 0 aliphatic heterocycles. The monoisotopic (exact) mass is 219 g/mol. The van der Waals surface area contributed by atoms with Crippen LogP contribution in [0, 0.1) is 0 Å². The van der Waals surface area contributed by atoms with Crippen molar-refractivity contribution < 1.29 is 4.79 Å². The molecule has 5 heteroatoms. The molecule has 0 N–H and O–H groups in total. The van der Waals surface area contributed by atoms with Crippen LogP contribution in [0.4, 0.5) is 5.13 Å². The molecule has 0 atom stereocenters. The van der Waals surface area contributed by atoms with E-state index in [9.17, 15) is 4.79 Å². The molecule has 2 aromatic rings. The molecule has 15 heavy (non-hydrogen) atoms. The van der Waals surface area contributed by atoms with Gasteiger partial charge < -0.3 is 0 Å². The summed E-state index contributed by atoms with van der Waals surface area (Å²) in [5.41, 5.74) is 2.25. The van der Waals surface area contributed by atoms with Gasteiger partial charge in [-0.3, -0.25) is 9.69 Å². The first kappa shape index (κ1) is 9.79. The van der Waals surface area contributed by atoms with Crippen molar-refractivity contribution in [3.63, 3.8) is 0 Å².